The number of hydrogen-bond acceptors (Lipinski definition) is 3. The molecule has 1 amide bonds. The summed E-state index contributed by atoms with van der Waals surface area (Å²) in [5, 5.41) is 0. The van der Waals surface area contributed by atoms with E-state index in [4.69, 9.17) is 10.5 Å². The average Bonchev–Trinajstić information content (AvgIpc) is 2.48. The predicted molar refractivity (Wildman–Crippen MR) is 80.3 cm³/mol. The number of rotatable bonds is 5. The van der Waals surface area contributed by atoms with Gasteiger partial charge in [0.1, 0.15) is 0 Å². The SMILES string of the molecule is CN(CC1CCCCO1)C(=O)C1CCCC(CCN)C1. The smallest absolute Gasteiger partial charge is 0.225 e. The van der Waals surface area contributed by atoms with Gasteiger partial charge < -0.3 is 15.4 Å². The van der Waals surface area contributed by atoms with E-state index >= 15 is 0 Å². The van der Waals surface area contributed by atoms with Crippen molar-refractivity contribution in [2.24, 2.45) is 17.6 Å². The van der Waals surface area contributed by atoms with Crippen LogP contribution in [0.5, 0.6) is 0 Å². The summed E-state index contributed by atoms with van der Waals surface area (Å²) < 4.78 is 5.74. The molecule has 0 radical (unpaired) electrons. The molecular weight excluding hydrogens is 252 g/mol. The quantitative estimate of drug-likeness (QED) is 0.841. The third kappa shape index (κ3) is 4.45. The first-order valence-corrected chi connectivity index (χ1v) is 8.27. The second kappa shape index (κ2) is 7.99. The number of ether oxygens (including phenoxy) is 1. The van der Waals surface area contributed by atoms with Crippen LogP contribution < -0.4 is 5.73 Å². The van der Waals surface area contributed by atoms with Crippen LogP contribution in [0.25, 0.3) is 0 Å². The number of carbonyl (C=O) groups is 1. The number of likely N-dealkylation sites (N-methyl/N-ethyl adjacent to an activating group) is 1. The van der Waals surface area contributed by atoms with Gasteiger partial charge in [0.25, 0.3) is 0 Å². The maximum Gasteiger partial charge on any atom is 0.225 e. The predicted octanol–water partition coefficient (Wildman–Crippen LogP) is 2.17. The maximum absolute atomic E-state index is 12.6. The van der Waals surface area contributed by atoms with E-state index in [-0.39, 0.29) is 12.0 Å². The van der Waals surface area contributed by atoms with Crippen molar-refractivity contribution in [3.05, 3.63) is 0 Å². The van der Waals surface area contributed by atoms with Crippen LogP contribution in [-0.4, -0.2) is 43.7 Å². The van der Waals surface area contributed by atoms with Gasteiger partial charge in [-0.1, -0.05) is 12.8 Å². The first kappa shape index (κ1) is 15.8. The van der Waals surface area contributed by atoms with Gasteiger partial charge in [-0.15, -0.1) is 0 Å². The van der Waals surface area contributed by atoms with Gasteiger partial charge >= 0.3 is 0 Å². The molecule has 0 aromatic heterocycles. The van der Waals surface area contributed by atoms with Crippen LogP contribution in [0.15, 0.2) is 0 Å². The fraction of sp³-hybridized carbons (Fsp3) is 0.938. The lowest BCUT2D eigenvalue weighted by atomic mass is 9.79. The highest BCUT2D eigenvalue weighted by atomic mass is 16.5. The molecule has 1 heterocycles. The Balaban J connectivity index is 1.79. The van der Waals surface area contributed by atoms with Gasteiger partial charge in [0, 0.05) is 26.1 Å². The Kier molecular flexibility index (Phi) is 6.30. The third-order valence-corrected chi connectivity index (χ3v) is 4.83. The van der Waals surface area contributed by atoms with Gasteiger partial charge in [0.15, 0.2) is 0 Å². The molecule has 20 heavy (non-hydrogen) atoms. The normalized spacial score (nSPS) is 31.0. The van der Waals surface area contributed by atoms with Crippen LogP contribution in [0.4, 0.5) is 0 Å². The van der Waals surface area contributed by atoms with Gasteiger partial charge in [0.05, 0.1) is 6.10 Å². The largest absolute Gasteiger partial charge is 0.376 e. The van der Waals surface area contributed by atoms with E-state index in [1.807, 2.05) is 11.9 Å². The second-order valence-electron chi connectivity index (χ2n) is 6.51. The molecule has 0 aromatic rings. The molecule has 3 unspecified atom stereocenters. The van der Waals surface area contributed by atoms with E-state index < -0.39 is 0 Å². The van der Waals surface area contributed by atoms with Crippen molar-refractivity contribution >= 4 is 5.91 Å². The molecule has 0 spiro atoms. The molecule has 116 valence electrons. The Morgan fingerprint density at radius 1 is 1.25 bits per heavy atom. The van der Waals surface area contributed by atoms with Crippen molar-refractivity contribution in [2.45, 2.75) is 57.5 Å². The van der Waals surface area contributed by atoms with E-state index in [2.05, 4.69) is 0 Å². The molecule has 4 heteroatoms. The maximum atomic E-state index is 12.6. The standard InChI is InChI=1S/C16H30N2O2/c1-18(12-15-7-2-3-10-20-15)16(19)14-6-4-5-13(11-14)8-9-17/h13-15H,2-12,17H2,1H3. The number of nitrogens with two attached hydrogens (primary N) is 1. The van der Waals surface area contributed by atoms with Crippen LogP contribution in [-0.2, 0) is 9.53 Å². The first-order chi connectivity index (χ1) is 9.70. The minimum Gasteiger partial charge on any atom is -0.376 e. The van der Waals surface area contributed by atoms with Crippen molar-refractivity contribution < 1.29 is 9.53 Å². The van der Waals surface area contributed by atoms with Crippen LogP contribution >= 0.6 is 0 Å². The van der Waals surface area contributed by atoms with E-state index in [0.717, 1.165) is 51.8 Å². The molecule has 1 saturated carbocycles. The Morgan fingerprint density at radius 2 is 2.10 bits per heavy atom. The summed E-state index contributed by atoms with van der Waals surface area (Å²) in [5.41, 5.74) is 5.65. The zero-order valence-corrected chi connectivity index (χ0v) is 12.9. The Bertz CT molecular complexity index is 301. The molecule has 1 aliphatic carbocycles. The van der Waals surface area contributed by atoms with E-state index in [1.54, 1.807) is 0 Å². The highest BCUT2D eigenvalue weighted by molar-refractivity contribution is 5.78. The minimum absolute atomic E-state index is 0.217. The van der Waals surface area contributed by atoms with Crippen molar-refractivity contribution in [1.82, 2.24) is 4.90 Å². The topological polar surface area (TPSA) is 55.6 Å². The second-order valence-corrected chi connectivity index (χ2v) is 6.51. The molecule has 0 aromatic carbocycles. The summed E-state index contributed by atoms with van der Waals surface area (Å²) in [7, 11) is 1.94. The summed E-state index contributed by atoms with van der Waals surface area (Å²) in [5.74, 6) is 1.19. The van der Waals surface area contributed by atoms with Gasteiger partial charge in [0.2, 0.25) is 5.91 Å². The molecule has 2 N–H and O–H groups in total. The van der Waals surface area contributed by atoms with E-state index in [0.29, 0.717) is 11.8 Å². The van der Waals surface area contributed by atoms with Gasteiger partial charge in [-0.3, -0.25) is 4.79 Å². The highest BCUT2D eigenvalue weighted by Gasteiger charge is 2.29. The van der Waals surface area contributed by atoms with Crippen molar-refractivity contribution in [3.8, 4) is 0 Å². The highest BCUT2D eigenvalue weighted by Crippen LogP contribution is 2.32. The monoisotopic (exact) mass is 282 g/mol. The summed E-state index contributed by atoms with van der Waals surface area (Å²) in [6.07, 6.45) is 9.32. The molecule has 2 aliphatic rings. The van der Waals surface area contributed by atoms with Crippen molar-refractivity contribution in [2.75, 3.05) is 26.7 Å². The zero-order valence-electron chi connectivity index (χ0n) is 12.9. The third-order valence-electron chi connectivity index (χ3n) is 4.83. The molecule has 2 rings (SSSR count). The Labute approximate surface area is 123 Å². The first-order valence-electron chi connectivity index (χ1n) is 8.27. The fourth-order valence-electron chi connectivity index (χ4n) is 3.67. The van der Waals surface area contributed by atoms with E-state index in [9.17, 15) is 4.79 Å². The Hall–Kier alpha value is -0.610. The minimum atomic E-state index is 0.217. The molecule has 0 bridgehead atoms. The average molecular weight is 282 g/mol. The molecule has 4 nitrogen and oxygen atoms in total. The summed E-state index contributed by atoms with van der Waals surface area (Å²) in [4.78, 5) is 14.5. The summed E-state index contributed by atoms with van der Waals surface area (Å²) in [6.45, 7) is 2.36. The lowest BCUT2D eigenvalue weighted by molar-refractivity contribution is -0.138. The number of amides is 1. The van der Waals surface area contributed by atoms with Crippen LogP contribution in [0.3, 0.4) is 0 Å². The zero-order chi connectivity index (χ0) is 14.4. The molecule has 2 fully saturated rings. The lowest BCUT2D eigenvalue weighted by Crippen LogP contribution is -2.41. The van der Waals surface area contributed by atoms with E-state index in [1.165, 1.54) is 19.3 Å². The fourth-order valence-corrected chi connectivity index (χ4v) is 3.67. The van der Waals surface area contributed by atoms with Crippen LogP contribution in [0, 0.1) is 11.8 Å². The van der Waals surface area contributed by atoms with Gasteiger partial charge in [-0.25, -0.2) is 0 Å². The van der Waals surface area contributed by atoms with Crippen molar-refractivity contribution in [3.63, 3.8) is 0 Å². The number of nitrogens with zero attached hydrogens (tertiary/aromatic N) is 1. The molecule has 1 saturated heterocycles. The molecule has 1 aliphatic heterocycles. The lowest BCUT2D eigenvalue weighted by Gasteiger charge is -2.33. The summed E-state index contributed by atoms with van der Waals surface area (Å²) in [6, 6.07) is 0. The Morgan fingerprint density at radius 3 is 2.80 bits per heavy atom. The van der Waals surface area contributed by atoms with Crippen molar-refractivity contribution in [1.29, 1.82) is 0 Å². The molecule has 3 atom stereocenters. The number of hydrogen-bond donors (Lipinski definition) is 1. The van der Waals surface area contributed by atoms with Gasteiger partial charge in [-0.2, -0.15) is 0 Å². The van der Waals surface area contributed by atoms with Crippen LogP contribution in [0.1, 0.15) is 51.4 Å². The molecular formula is C16H30N2O2. The van der Waals surface area contributed by atoms with Gasteiger partial charge in [-0.05, 0) is 51.0 Å². The summed E-state index contributed by atoms with van der Waals surface area (Å²) >= 11 is 0. The van der Waals surface area contributed by atoms with Crippen LogP contribution in [0.2, 0.25) is 0 Å². The number of carbonyl (C=O) groups excluding carboxylic acids is 1.